The third kappa shape index (κ3) is 6.07. The van der Waals surface area contributed by atoms with Crippen molar-refractivity contribution < 1.29 is 24.3 Å². The van der Waals surface area contributed by atoms with Gasteiger partial charge in [0.2, 0.25) is 0 Å². The number of aromatic nitrogens is 1. The lowest BCUT2D eigenvalue weighted by Crippen LogP contribution is -2.27. The maximum Gasteiger partial charge on any atom is 0.309 e. The molecule has 1 aliphatic rings. The van der Waals surface area contributed by atoms with Gasteiger partial charge in [0.25, 0.3) is 5.91 Å². The van der Waals surface area contributed by atoms with Crippen LogP contribution in [0.1, 0.15) is 36.5 Å². The highest BCUT2D eigenvalue weighted by molar-refractivity contribution is 5.98. The minimum Gasteiger partial charge on any atom is -0.496 e. The van der Waals surface area contributed by atoms with Gasteiger partial charge in [0.1, 0.15) is 5.75 Å². The molecule has 0 saturated heterocycles. The first-order chi connectivity index (χ1) is 17.4. The maximum atomic E-state index is 12.3. The molecule has 0 aliphatic heterocycles. The van der Waals surface area contributed by atoms with Gasteiger partial charge < -0.3 is 20.0 Å². The average molecular weight is 488 g/mol. The Morgan fingerprint density at radius 1 is 1.11 bits per heavy atom. The van der Waals surface area contributed by atoms with Crippen LogP contribution in [0.25, 0.3) is 11.3 Å². The number of carboxylic acid groups (broad SMARTS) is 1. The topological polar surface area (TPSA) is 110 Å². The van der Waals surface area contributed by atoms with E-state index in [4.69, 9.17) is 9.57 Å². The number of ether oxygens (including phenoxy) is 1. The Balaban J connectivity index is 1.29. The van der Waals surface area contributed by atoms with Crippen LogP contribution in [0.4, 0.5) is 0 Å². The van der Waals surface area contributed by atoms with Crippen molar-refractivity contribution in [1.82, 2.24) is 10.3 Å². The molecule has 8 nitrogen and oxygen atoms in total. The lowest BCUT2D eigenvalue weighted by molar-refractivity contribution is -0.143. The number of carbonyl (C=O) groups is 2. The summed E-state index contributed by atoms with van der Waals surface area (Å²) in [6, 6.07) is 19.1. The Hall–Kier alpha value is -4.20. The number of rotatable bonds is 11. The second kappa shape index (κ2) is 11.0. The Morgan fingerprint density at radius 2 is 1.89 bits per heavy atom. The molecule has 0 atom stereocenters. The summed E-state index contributed by atoms with van der Waals surface area (Å²) in [5, 5.41) is 16.3. The maximum absolute atomic E-state index is 12.3. The number of carboxylic acids is 1. The minimum absolute atomic E-state index is 0.229. The van der Waals surface area contributed by atoms with Gasteiger partial charge in [-0.3, -0.25) is 14.6 Å². The summed E-state index contributed by atoms with van der Waals surface area (Å²) in [6.45, 7) is 1.82. The van der Waals surface area contributed by atoms with E-state index in [1.165, 1.54) is 0 Å². The predicted molar refractivity (Wildman–Crippen MR) is 136 cm³/mol. The molecule has 2 N–H and O–H groups in total. The van der Waals surface area contributed by atoms with Gasteiger partial charge in [0, 0.05) is 23.9 Å². The number of hydrogen-bond donors (Lipinski definition) is 2. The highest BCUT2D eigenvalue weighted by Crippen LogP contribution is 2.48. The van der Waals surface area contributed by atoms with E-state index < -0.39 is 11.4 Å². The summed E-state index contributed by atoms with van der Waals surface area (Å²) in [7, 11) is 1.56. The number of oxime groups is 1. The van der Waals surface area contributed by atoms with Crippen LogP contribution in [0.2, 0.25) is 0 Å². The minimum atomic E-state index is -0.759. The molecule has 4 rings (SSSR count). The number of methoxy groups -OCH3 is 1. The zero-order valence-electron chi connectivity index (χ0n) is 20.4. The molecule has 36 heavy (non-hydrogen) atoms. The van der Waals surface area contributed by atoms with Gasteiger partial charge in [-0.1, -0.05) is 47.6 Å². The fraction of sp³-hybridized carbons (Fsp3) is 0.286. The molecule has 3 aromatic rings. The highest BCUT2D eigenvalue weighted by atomic mass is 16.6. The molecule has 0 radical (unpaired) electrons. The Kier molecular flexibility index (Phi) is 7.63. The zero-order valence-corrected chi connectivity index (χ0v) is 20.4. The number of benzene rings is 2. The van der Waals surface area contributed by atoms with Crippen molar-refractivity contribution in [3.8, 4) is 17.0 Å². The van der Waals surface area contributed by atoms with Crippen molar-refractivity contribution in [2.45, 2.75) is 32.7 Å². The fourth-order valence-electron chi connectivity index (χ4n) is 3.99. The third-order valence-corrected chi connectivity index (χ3v) is 6.33. The molecule has 0 spiro atoms. The normalized spacial score (nSPS) is 14.1. The van der Waals surface area contributed by atoms with Crippen molar-refractivity contribution in [3.63, 3.8) is 0 Å². The van der Waals surface area contributed by atoms with E-state index in [-0.39, 0.29) is 19.1 Å². The zero-order chi connectivity index (χ0) is 25.5. The lowest BCUT2D eigenvalue weighted by atomic mass is 9.95. The predicted octanol–water partition coefficient (Wildman–Crippen LogP) is 4.22. The number of amides is 1. The second-order valence-corrected chi connectivity index (χ2v) is 8.93. The molecule has 1 amide bonds. The van der Waals surface area contributed by atoms with Gasteiger partial charge in [0.15, 0.2) is 6.61 Å². The van der Waals surface area contributed by atoms with Gasteiger partial charge >= 0.3 is 5.97 Å². The number of nitrogens with one attached hydrogen (secondary N) is 1. The largest absolute Gasteiger partial charge is 0.496 e. The van der Waals surface area contributed by atoms with E-state index >= 15 is 0 Å². The molecular formula is C28H29N3O5. The van der Waals surface area contributed by atoms with Crippen LogP contribution in [-0.4, -0.2) is 41.4 Å². The summed E-state index contributed by atoms with van der Waals surface area (Å²) in [5.74, 6) is -0.456. The third-order valence-electron chi connectivity index (χ3n) is 6.33. The van der Waals surface area contributed by atoms with E-state index in [2.05, 4.69) is 15.5 Å². The van der Waals surface area contributed by atoms with Gasteiger partial charge in [-0.2, -0.15) is 0 Å². The second-order valence-electron chi connectivity index (χ2n) is 8.93. The summed E-state index contributed by atoms with van der Waals surface area (Å²) in [4.78, 5) is 33.4. The Labute approximate surface area is 210 Å². The van der Waals surface area contributed by atoms with Gasteiger partial charge in [0.05, 0.1) is 23.9 Å². The Bertz CT molecular complexity index is 1250. The van der Waals surface area contributed by atoms with E-state index in [0.29, 0.717) is 30.7 Å². The van der Waals surface area contributed by atoms with Crippen LogP contribution >= 0.6 is 0 Å². The van der Waals surface area contributed by atoms with Crippen LogP contribution in [0.15, 0.2) is 72.0 Å². The first-order valence-electron chi connectivity index (χ1n) is 11.7. The lowest BCUT2D eigenvalue weighted by Gasteiger charge is -2.14. The summed E-state index contributed by atoms with van der Waals surface area (Å²) < 4.78 is 5.40. The van der Waals surface area contributed by atoms with E-state index in [1.807, 2.05) is 61.5 Å². The van der Waals surface area contributed by atoms with Crippen LogP contribution in [-0.2, 0) is 27.4 Å². The number of aliphatic carboxylic acids is 1. The van der Waals surface area contributed by atoms with Crippen molar-refractivity contribution >= 4 is 17.6 Å². The molecule has 0 unspecified atom stereocenters. The molecule has 1 saturated carbocycles. The molecular weight excluding hydrogens is 458 g/mol. The molecule has 0 bridgehead atoms. The van der Waals surface area contributed by atoms with Crippen molar-refractivity contribution in [2.24, 2.45) is 10.6 Å². The van der Waals surface area contributed by atoms with Gasteiger partial charge in [-0.25, -0.2) is 0 Å². The van der Waals surface area contributed by atoms with Crippen molar-refractivity contribution in [1.29, 1.82) is 0 Å². The number of nitrogens with zero attached hydrogens (tertiary/aromatic N) is 2. The van der Waals surface area contributed by atoms with Gasteiger partial charge in [-0.05, 0) is 55.5 Å². The first kappa shape index (κ1) is 24.9. The van der Waals surface area contributed by atoms with Crippen LogP contribution in [0.5, 0.6) is 5.75 Å². The van der Waals surface area contributed by atoms with E-state index in [1.54, 1.807) is 19.4 Å². The van der Waals surface area contributed by atoms with Crippen LogP contribution in [0.3, 0.4) is 0 Å². The monoisotopic (exact) mass is 487 g/mol. The van der Waals surface area contributed by atoms with Crippen molar-refractivity contribution in [2.75, 3.05) is 13.7 Å². The van der Waals surface area contributed by atoms with E-state index in [0.717, 1.165) is 27.9 Å². The fourth-order valence-corrected chi connectivity index (χ4v) is 3.99. The summed E-state index contributed by atoms with van der Waals surface area (Å²) >= 11 is 0. The van der Waals surface area contributed by atoms with E-state index in [9.17, 15) is 14.7 Å². The first-order valence-corrected chi connectivity index (χ1v) is 11.7. The average Bonchev–Trinajstić information content (AvgIpc) is 3.69. The summed E-state index contributed by atoms with van der Waals surface area (Å²) in [6.07, 6.45) is 3.59. The molecule has 1 fully saturated rings. The van der Waals surface area contributed by atoms with Gasteiger partial charge in [-0.15, -0.1) is 0 Å². The number of hydrogen-bond acceptors (Lipinski definition) is 6. The number of pyridine rings is 1. The number of carbonyl (C=O) groups excluding carboxylic acids is 1. The summed E-state index contributed by atoms with van der Waals surface area (Å²) in [5.41, 5.74) is 4.45. The molecule has 8 heteroatoms. The SMILES string of the molecule is COc1ccc(CC2(C(=O)O)CC2)cc1CNC(=O)CON=C(C)c1ccc(-c2ccccn2)cc1. The van der Waals surface area contributed by atoms with Crippen LogP contribution in [0, 0.1) is 5.41 Å². The standard InChI is InChI=1S/C28H29N3O5/c1-19(21-7-9-22(10-8-21)24-5-3-4-14-29-24)31-36-18-26(32)30-17-23-15-20(6-11-25(23)35-2)16-28(12-13-28)27(33)34/h3-11,14-15H,12-13,16-18H2,1-2H3,(H,30,32)(H,33,34). The molecule has 1 aromatic heterocycles. The quantitative estimate of drug-likeness (QED) is 0.310. The Morgan fingerprint density at radius 3 is 2.53 bits per heavy atom. The molecule has 1 heterocycles. The molecule has 2 aromatic carbocycles. The highest BCUT2D eigenvalue weighted by Gasteiger charge is 2.49. The smallest absolute Gasteiger partial charge is 0.309 e. The molecule has 1 aliphatic carbocycles. The van der Waals surface area contributed by atoms with Crippen molar-refractivity contribution in [3.05, 3.63) is 83.6 Å². The molecule has 186 valence electrons. The van der Waals surface area contributed by atoms with Crippen LogP contribution < -0.4 is 10.1 Å².